The van der Waals surface area contributed by atoms with Crippen LogP contribution in [0, 0.1) is 0 Å². The minimum absolute atomic E-state index is 0.175. The molecule has 1 aromatic heterocycles. The highest BCUT2D eigenvalue weighted by atomic mass is 32.2. The fourth-order valence-corrected chi connectivity index (χ4v) is 2.40. The van der Waals surface area contributed by atoms with Crippen molar-refractivity contribution in [2.45, 2.75) is 24.2 Å². The fourth-order valence-electron chi connectivity index (χ4n) is 1.22. The number of pyridine rings is 1. The number of hydrogen-bond donors (Lipinski definition) is 2. The van der Waals surface area contributed by atoms with Gasteiger partial charge in [0.05, 0.1) is 4.99 Å². The van der Waals surface area contributed by atoms with Crippen LogP contribution in [0.15, 0.2) is 29.4 Å². The third-order valence-corrected chi connectivity index (χ3v) is 3.74. The smallest absolute Gasteiger partial charge is 0.242 e. The maximum Gasteiger partial charge on any atom is 0.242 e. The summed E-state index contributed by atoms with van der Waals surface area (Å²) in [6, 6.07) is 3.09. The Balaban J connectivity index is 2.39. The summed E-state index contributed by atoms with van der Waals surface area (Å²) in [6.07, 6.45) is 4.98. The normalized spacial score (nSPS) is 11.3. The van der Waals surface area contributed by atoms with Gasteiger partial charge in [-0.15, -0.1) is 0 Å². The molecular weight excluding hydrogens is 258 g/mol. The van der Waals surface area contributed by atoms with Gasteiger partial charge in [-0.05, 0) is 31.4 Å². The molecule has 0 saturated carbocycles. The lowest BCUT2D eigenvalue weighted by molar-refractivity contribution is 0.577. The van der Waals surface area contributed by atoms with Crippen molar-refractivity contribution in [3.63, 3.8) is 0 Å². The number of sulfonamides is 1. The zero-order chi connectivity index (χ0) is 12.7. The molecule has 0 unspecified atom stereocenters. The maximum atomic E-state index is 11.7. The molecule has 0 fully saturated rings. The van der Waals surface area contributed by atoms with Crippen molar-refractivity contribution >= 4 is 27.2 Å². The van der Waals surface area contributed by atoms with E-state index in [1.54, 1.807) is 6.07 Å². The van der Waals surface area contributed by atoms with Crippen LogP contribution in [0.2, 0.25) is 0 Å². The molecule has 0 radical (unpaired) electrons. The van der Waals surface area contributed by atoms with E-state index in [2.05, 4.69) is 9.71 Å². The Kier molecular flexibility index (Phi) is 5.46. The summed E-state index contributed by atoms with van der Waals surface area (Å²) in [4.78, 5) is 4.40. The highest BCUT2D eigenvalue weighted by molar-refractivity contribution is 7.89. The zero-order valence-electron chi connectivity index (χ0n) is 9.30. The molecule has 0 atom stereocenters. The molecule has 0 saturated heterocycles. The number of aromatic nitrogens is 1. The first-order valence-electron chi connectivity index (χ1n) is 5.20. The first-order chi connectivity index (χ1) is 8.02. The van der Waals surface area contributed by atoms with Gasteiger partial charge < -0.3 is 5.73 Å². The molecule has 0 aliphatic carbocycles. The third-order valence-electron chi connectivity index (χ3n) is 2.09. The van der Waals surface area contributed by atoms with Gasteiger partial charge in [-0.3, -0.25) is 4.98 Å². The Labute approximate surface area is 106 Å². The van der Waals surface area contributed by atoms with Gasteiger partial charge in [0.25, 0.3) is 0 Å². The van der Waals surface area contributed by atoms with Gasteiger partial charge in [-0.25, -0.2) is 13.1 Å². The second-order valence-electron chi connectivity index (χ2n) is 3.51. The van der Waals surface area contributed by atoms with Crippen molar-refractivity contribution in [2.24, 2.45) is 5.73 Å². The molecule has 1 aromatic rings. The van der Waals surface area contributed by atoms with E-state index < -0.39 is 10.0 Å². The van der Waals surface area contributed by atoms with Gasteiger partial charge in [0.1, 0.15) is 4.90 Å². The molecule has 0 aliphatic heterocycles. The highest BCUT2D eigenvalue weighted by Crippen LogP contribution is 2.05. The average Bonchev–Trinajstić information content (AvgIpc) is 2.29. The topological polar surface area (TPSA) is 85.1 Å². The van der Waals surface area contributed by atoms with Crippen LogP contribution in [0.4, 0.5) is 0 Å². The molecule has 1 heterocycles. The molecule has 0 amide bonds. The summed E-state index contributed by atoms with van der Waals surface area (Å²) >= 11 is 4.73. The van der Waals surface area contributed by atoms with Gasteiger partial charge >= 0.3 is 0 Å². The van der Waals surface area contributed by atoms with Crippen molar-refractivity contribution in [3.05, 3.63) is 24.5 Å². The van der Waals surface area contributed by atoms with Crippen molar-refractivity contribution in [2.75, 3.05) is 6.54 Å². The van der Waals surface area contributed by atoms with Crippen LogP contribution in [0.1, 0.15) is 19.3 Å². The molecule has 5 nitrogen and oxygen atoms in total. The predicted molar refractivity (Wildman–Crippen MR) is 70.1 cm³/mol. The summed E-state index contributed by atoms with van der Waals surface area (Å²) < 4.78 is 26.0. The van der Waals surface area contributed by atoms with E-state index in [1.165, 1.54) is 18.5 Å². The molecule has 7 heteroatoms. The first kappa shape index (κ1) is 14.0. The highest BCUT2D eigenvalue weighted by Gasteiger charge is 2.12. The quantitative estimate of drug-likeness (QED) is 0.567. The molecule has 0 aliphatic rings. The van der Waals surface area contributed by atoms with Crippen LogP contribution in [0.5, 0.6) is 0 Å². The third kappa shape index (κ3) is 5.20. The number of nitrogens with two attached hydrogens (primary N) is 1. The fraction of sp³-hybridized carbons (Fsp3) is 0.400. The molecule has 0 spiro atoms. The molecule has 1 rings (SSSR count). The molecule has 0 bridgehead atoms. The van der Waals surface area contributed by atoms with Crippen molar-refractivity contribution in [1.82, 2.24) is 9.71 Å². The summed E-state index contributed by atoms with van der Waals surface area (Å²) in [5.74, 6) is 0. The SMILES string of the molecule is NC(=S)CCCCNS(=O)(=O)c1cccnc1. The molecule has 17 heavy (non-hydrogen) atoms. The number of thiocarbonyl (C=S) groups is 1. The van der Waals surface area contributed by atoms with E-state index in [0.717, 1.165) is 6.42 Å². The van der Waals surface area contributed by atoms with Gasteiger partial charge in [-0.1, -0.05) is 12.2 Å². The Hall–Kier alpha value is -1.05. The van der Waals surface area contributed by atoms with Crippen LogP contribution >= 0.6 is 12.2 Å². The van der Waals surface area contributed by atoms with E-state index in [4.69, 9.17) is 18.0 Å². The number of hydrogen-bond acceptors (Lipinski definition) is 4. The van der Waals surface area contributed by atoms with Crippen LogP contribution in [-0.4, -0.2) is 24.9 Å². The van der Waals surface area contributed by atoms with Crippen molar-refractivity contribution in [1.29, 1.82) is 0 Å². The molecular formula is C10H15N3O2S2. The van der Waals surface area contributed by atoms with Crippen LogP contribution in [0.3, 0.4) is 0 Å². The standard InChI is InChI=1S/C10H15N3O2S2/c11-10(16)5-1-2-7-13-17(14,15)9-4-3-6-12-8-9/h3-4,6,8,13H,1-2,5,7H2,(H2,11,16). The lowest BCUT2D eigenvalue weighted by Gasteiger charge is -2.05. The van der Waals surface area contributed by atoms with Gasteiger partial charge in [0, 0.05) is 18.9 Å². The lowest BCUT2D eigenvalue weighted by Crippen LogP contribution is -2.25. The summed E-state index contributed by atoms with van der Waals surface area (Å²) in [5.41, 5.74) is 5.34. The Morgan fingerprint density at radius 2 is 2.24 bits per heavy atom. The number of nitrogens with one attached hydrogen (secondary N) is 1. The van der Waals surface area contributed by atoms with Crippen LogP contribution < -0.4 is 10.5 Å². The molecule has 0 aromatic carbocycles. The average molecular weight is 273 g/mol. The van der Waals surface area contributed by atoms with Gasteiger partial charge in [-0.2, -0.15) is 0 Å². The van der Waals surface area contributed by atoms with Gasteiger partial charge in [0.2, 0.25) is 10.0 Å². The minimum atomic E-state index is -3.44. The minimum Gasteiger partial charge on any atom is -0.393 e. The van der Waals surface area contributed by atoms with E-state index in [0.29, 0.717) is 24.4 Å². The van der Waals surface area contributed by atoms with E-state index >= 15 is 0 Å². The Morgan fingerprint density at radius 3 is 2.82 bits per heavy atom. The van der Waals surface area contributed by atoms with E-state index in [9.17, 15) is 8.42 Å². The summed E-state index contributed by atoms with van der Waals surface area (Å²) in [6.45, 7) is 0.375. The largest absolute Gasteiger partial charge is 0.393 e. The Morgan fingerprint density at radius 1 is 1.47 bits per heavy atom. The van der Waals surface area contributed by atoms with Crippen molar-refractivity contribution in [3.8, 4) is 0 Å². The number of nitrogens with zero attached hydrogens (tertiary/aromatic N) is 1. The van der Waals surface area contributed by atoms with Crippen LogP contribution in [0.25, 0.3) is 0 Å². The number of unbranched alkanes of at least 4 members (excludes halogenated alkanes) is 1. The van der Waals surface area contributed by atoms with Crippen molar-refractivity contribution < 1.29 is 8.42 Å². The Bertz CT molecular complexity index is 460. The van der Waals surface area contributed by atoms with E-state index in [-0.39, 0.29) is 4.90 Å². The second kappa shape index (κ2) is 6.63. The molecule has 94 valence electrons. The van der Waals surface area contributed by atoms with Gasteiger partial charge in [0.15, 0.2) is 0 Å². The monoisotopic (exact) mass is 273 g/mol. The zero-order valence-corrected chi connectivity index (χ0v) is 10.9. The predicted octanol–water partition coefficient (Wildman–Crippen LogP) is 0.816. The lowest BCUT2D eigenvalue weighted by atomic mass is 10.2. The number of rotatable bonds is 7. The second-order valence-corrected chi connectivity index (χ2v) is 5.80. The first-order valence-corrected chi connectivity index (χ1v) is 7.09. The maximum absolute atomic E-state index is 11.7. The van der Waals surface area contributed by atoms with Crippen LogP contribution in [-0.2, 0) is 10.0 Å². The summed E-state index contributed by atoms with van der Waals surface area (Å²) in [7, 11) is -3.44. The van der Waals surface area contributed by atoms with E-state index in [1.807, 2.05) is 0 Å². The molecule has 3 N–H and O–H groups in total. The summed E-state index contributed by atoms with van der Waals surface area (Å²) in [5, 5.41) is 0.